The van der Waals surface area contributed by atoms with E-state index in [1.54, 1.807) is 24.1 Å². The third-order valence-electron chi connectivity index (χ3n) is 3.98. The minimum Gasteiger partial charge on any atom is -0.508 e. The molecular weight excluding hydrogens is 264 g/mol. The molecule has 4 heteroatoms. The van der Waals surface area contributed by atoms with E-state index in [-0.39, 0.29) is 11.7 Å². The number of phenolic OH excluding ortho intramolecular Hbond substituents is 1. The summed E-state index contributed by atoms with van der Waals surface area (Å²) in [4.78, 5) is 12.2. The average Bonchev–Trinajstić information content (AvgIpc) is 2.49. The Morgan fingerprint density at radius 1 is 1.14 bits per heavy atom. The predicted molar refractivity (Wildman–Crippen MR) is 84.2 cm³/mol. The predicted octanol–water partition coefficient (Wildman–Crippen LogP) is 3.30. The van der Waals surface area contributed by atoms with Gasteiger partial charge in [-0.05, 0) is 36.4 Å². The Bertz CT molecular complexity index is 663. The number of anilines is 1. The molecule has 1 N–H and O–H groups in total. The topological polar surface area (TPSA) is 43.8 Å². The van der Waals surface area contributed by atoms with Gasteiger partial charge in [-0.15, -0.1) is 0 Å². The lowest BCUT2D eigenvalue weighted by Crippen LogP contribution is -2.48. The Hall–Kier alpha value is -2.07. The van der Waals surface area contributed by atoms with Gasteiger partial charge in [0.2, 0.25) is 5.91 Å². The Balaban J connectivity index is 2.10. The number of aromatic hydroxyl groups is 1. The van der Waals surface area contributed by atoms with E-state index in [0.29, 0.717) is 0 Å². The van der Waals surface area contributed by atoms with Crippen LogP contribution in [0.4, 0.5) is 5.69 Å². The lowest BCUT2D eigenvalue weighted by Gasteiger charge is -2.37. The minimum absolute atomic E-state index is 0.00717. The van der Waals surface area contributed by atoms with E-state index in [0.717, 1.165) is 42.4 Å². The molecule has 0 spiro atoms. The molecule has 1 fully saturated rings. The highest BCUT2D eigenvalue weighted by Gasteiger charge is 2.23. The fourth-order valence-corrected chi connectivity index (χ4v) is 3.03. The van der Waals surface area contributed by atoms with E-state index in [2.05, 4.69) is 5.01 Å². The maximum atomic E-state index is 12.2. The molecule has 21 heavy (non-hydrogen) atoms. The fraction of sp³-hybridized carbons (Fsp3) is 0.353. The summed E-state index contributed by atoms with van der Waals surface area (Å²) in [6.07, 6.45) is 3.44. The first-order valence-electron chi connectivity index (χ1n) is 7.44. The largest absolute Gasteiger partial charge is 0.508 e. The molecular formula is C17H20N2O2. The van der Waals surface area contributed by atoms with Crippen molar-refractivity contribution >= 4 is 22.4 Å². The number of rotatable bonds is 2. The van der Waals surface area contributed by atoms with E-state index in [9.17, 15) is 9.90 Å². The molecule has 110 valence electrons. The molecule has 1 amide bonds. The number of carbonyl (C=O) groups excluding carboxylic acids is 1. The van der Waals surface area contributed by atoms with Crippen molar-refractivity contribution in [3.05, 3.63) is 36.4 Å². The number of carbonyl (C=O) groups is 1. The summed E-state index contributed by atoms with van der Waals surface area (Å²) in [5, 5.41) is 15.6. The van der Waals surface area contributed by atoms with Gasteiger partial charge in [0.15, 0.2) is 0 Å². The molecule has 0 unspecified atom stereocenters. The number of piperidine rings is 1. The minimum atomic E-state index is 0.00717. The van der Waals surface area contributed by atoms with Gasteiger partial charge in [0.05, 0.1) is 5.69 Å². The average molecular weight is 284 g/mol. The van der Waals surface area contributed by atoms with Gasteiger partial charge in [-0.3, -0.25) is 4.79 Å². The van der Waals surface area contributed by atoms with Gasteiger partial charge in [-0.25, -0.2) is 10.0 Å². The van der Waals surface area contributed by atoms with Gasteiger partial charge in [-0.1, -0.05) is 24.6 Å². The van der Waals surface area contributed by atoms with Crippen molar-refractivity contribution in [2.24, 2.45) is 0 Å². The Morgan fingerprint density at radius 2 is 1.90 bits per heavy atom. The summed E-state index contributed by atoms with van der Waals surface area (Å²) in [7, 11) is 0. The van der Waals surface area contributed by atoms with E-state index >= 15 is 0 Å². The lowest BCUT2D eigenvalue weighted by molar-refractivity contribution is -0.119. The molecule has 3 rings (SSSR count). The maximum Gasteiger partial charge on any atom is 0.238 e. The summed E-state index contributed by atoms with van der Waals surface area (Å²) in [5.74, 6) is 0.227. The molecule has 1 saturated heterocycles. The molecule has 1 heterocycles. The second kappa shape index (κ2) is 5.74. The third-order valence-corrected chi connectivity index (χ3v) is 3.98. The molecule has 4 nitrogen and oxygen atoms in total. The molecule has 1 aliphatic heterocycles. The van der Waals surface area contributed by atoms with Crippen LogP contribution in [0, 0.1) is 0 Å². The van der Waals surface area contributed by atoms with Crippen LogP contribution in [0.15, 0.2) is 36.4 Å². The van der Waals surface area contributed by atoms with Crippen LogP contribution < -0.4 is 5.01 Å². The zero-order chi connectivity index (χ0) is 14.8. The highest BCUT2D eigenvalue weighted by molar-refractivity contribution is 6.02. The van der Waals surface area contributed by atoms with Crippen LogP contribution in [0.2, 0.25) is 0 Å². The van der Waals surface area contributed by atoms with Crippen LogP contribution in [0.25, 0.3) is 10.8 Å². The summed E-state index contributed by atoms with van der Waals surface area (Å²) in [6, 6.07) is 11.2. The summed E-state index contributed by atoms with van der Waals surface area (Å²) in [6.45, 7) is 3.39. The molecule has 1 aliphatic rings. The summed E-state index contributed by atoms with van der Waals surface area (Å²) < 4.78 is 0. The van der Waals surface area contributed by atoms with Gasteiger partial charge < -0.3 is 5.11 Å². The maximum absolute atomic E-state index is 12.2. The van der Waals surface area contributed by atoms with E-state index < -0.39 is 0 Å². The van der Waals surface area contributed by atoms with Crippen molar-refractivity contribution in [2.45, 2.75) is 26.2 Å². The molecule has 0 bridgehead atoms. The van der Waals surface area contributed by atoms with Gasteiger partial charge in [0.25, 0.3) is 0 Å². The smallest absolute Gasteiger partial charge is 0.238 e. The zero-order valence-electron chi connectivity index (χ0n) is 12.2. The molecule has 2 aromatic carbocycles. The van der Waals surface area contributed by atoms with Crippen LogP contribution in [-0.2, 0) is 4.79 Å². The SMILES string of the molecule is CC(=O)N(c1cccc2ccc(O)cc12)N1CCCCC1. The van der Waals surface area contributed by atoms with Crippen LogP contribution in [0.3, 0.4) is 0 Å². The Morgan fingerprint density at radius 3 is 2.62 bits per heavy atom. The third kappa shape index (κ3) is 2.72. The first-order valence-corrected chi connectivity index (χ1v) is 7.44. The molecule has 0 aliphatic carbocycles. The van der Waals surface area contributed by atoms with Crippen molar-refractivity contribution in [3.8, 4) is 5.75 Å². The van der Waals surface area contributed by atoms with Crippen LogP contribution >= 0.6 is 0 Å². The van der Waals surface area contributed by atoms with Gasteiger partial charge >= 0.3 is 0 Å². The quantitative estimate of drug-likeness (QED) is 0.920. The summed E-state index contributed by atoms with van der Waals surface area (Å²) >= 11 is 0. The molecule has 0 radical (unpaired) electrons. The number of hydrogen-bond donors (Lipinski definition) is 1. The normalized spacial score (nSPS) is 16.0. The second-order valence-electron chi connectivity index (χ2n) is 5.53. The Labute approximate surface area is 124 Å². The van der Waals surface area contributed by atoms with Crippen molar-refractivity contribution in [2.75, 3.05) is 18.1 Å². The van der Waals surface area contributed by atoms with Gasteiger partial charge in [0, 0.05) is 25.4 Å². The van der Waals surface area contributed by atoms with E-state index in [1.807, 2.05) is 24.3 Å². The fourth-order valence-electron chi connectivity index (χ4n) is 3.03. The highest BCUT2D eigenvalue weighted by atomic mass is 16.3. The van der Waals surface area contributed by atoms with E-state index in [4.69, 9.17) is 0 Å². The van der Waals surface area contributed by atoms with Crippen LogP contribution in [-0.4, -0.2) is 29.1 Å². The molecule has 0 atom stereocenters. The zero-order valence-corrected chi connectivity index (χ0v) is 12.2. The van der Waals surface area contributed by atoms with Crippen molar-refractivity contribution < 1.29 is 9.90 Å². The molecule has 2 aromatic rings. The van der Waals surface area contributed by atoms with Gasteiger partial charge in [-0.2, -0.15) is 0 Å². The van der Waals surface area contributed by atoms with Crippen LogP contribution in [0.1, 0.15) is 26.2 Å². The van der Waals surface area contributed by atoms with E-state index in [1.165, 1.54) is 6.42 Å². The van der Waals surface area contributed by atoms with Crippen molar-refractivity contribution in [1.29, 1.82) is 0 Å². The number of phenols is 1. The number of hydrazine groups is 1. The first-order chi connectivity index (χ1) is 10.2. The highest BCUT2D eigenvalue weighted by Crippen LogP contribution is 2.31. The number of benzene rings is 2. The first kappa shape index (κ1) is 13.9. The number of amides is 1. The van der Waals surface area contributed by atoms with Crippen molar-refractivity contribution in [1.82, 2.24) is 5.01 Å². The molecule has 0 aromatic heterocycles. The number of hydrogen-bond acceptors (Lipinski definition) is 3. The lowest BCUT2D eigenvalue weighted by atomic mass is 10.1. The number of nitrogens with zero attached hydrogens (tertiary/aromatic N) is 2. The monoisotopic (exact) mass is 284 g/mol. The number of fused-ring (bicyclic) bond motifs is 1. The standard InChI is InChI=1S/C17H20N2O2/c1-13(20)19(18-10-3-2-4-11-18)17-7-5-6-14-8-9-15(21)12-16(14)17/h5-9,12,21H,2-4,10-11H2,1H3. The molecule has 0 saturated carbocycles. The summed E-state index contributed by atoms with van der Waals surface area (Å²) in [5.41, 5.74) is 0.845. The van der Waals surface area contributed by atoms with Crippen LogP contribution in [0.5, 0.6) is 5.75 Å². The van der Waals surface area contributed by atoms with Gasteiger partial charge in [0.1, 0.15) is 5.75 Å². The Kier molecular flexibility index (Phi) is 3.80. The van der Waals surface area contributed by atoms with Crippen molar-refractivity contribution in [3.63, 3.8) is 0 Å². The second-order valence-corrected chi connectivity index (χ2v) is 5.53.